The summed E-state index contributed by atoms with van der Waals surface area (Å²) in [4.78, 5) is 36.4. The number of benzene rings is 1. The summed E-state index contributed by atoms with van der Waals surface area (Å²) in [6.45, 7) is 1.79. The fourth-order valence-corrected chi connectivity index (χ4v) is 6.47. The van der Waals surface area contributed by atoms with Crippen LogP contribution in [0.4, 0.5) is 4.39 Å². The molecule has 5 atom stereocenters. The fourth-order valence-electron chi connectivity index (χ4n) is 4.99. The number of nitrogens with one attached hydrogen (secondary N) is 2. The first-order valence-corrected chi connectivity index (χ1v) is 14.5. The van der Waals surface area contributed by atoms with Gasteiger partial charge < -0.3 is 0 Å². The molecule has 2 aliphatic heterocycles. The number of rotatable bonds is 10. The van der Waals surface area contributed by atoms with Crippen molar-refractivity contribution in [1.82, 2.24) is 15.3 Å². The average molecular weight is 574 g/mol. The summed E-state index contributed by atoms with van der Waals surface area (Å²) >= 11 is 0. The van der Waals surface area contributed by atoms with Crippen LogP contribution in [0, 0.1) is 0 Å². The van der Waals surface area contributed by atoms with Crippen molar-refractivity contribution in [3.8, 4) is 5.75 Å². The number of carbonyl (C=O) groups excluding carboxylic acids is 2. The Morgan fingerprint density at radius 2 is 2.05 bits per heavy atom. The molecule has 0 saturated carbocycles. The number of halogens is 1. The van der Waals surface area contributed by atoms with Crippen LogP contribution in [0.3, 0.4) is 0 Å². The van der Waals surface area contributed by atoms with Crippen molar-refractivity contribution in [3.05, 3.63) is 41.6 Å². The Hall–Kier alpha value is -2.38. The number of hydrogen-bond donors (Lipinski definition) is 4. The Labute approximate surface area is 227 Å². The van der Waals surface area contributed by atoms with Crippen molar-refractivity contribution in [3.63, 3.8) is 0 Å². The predicted octanol–water partition coefficient (Wildman–Crippen LogP) is 1.21. The van der Waals surface area contributed by atoms with Gasteiger partial charge in [-0.15, -0.1) is 0 Å². The third-order valence-electron chi connectivity index (χ3n) is 7.33. The van der Waals surface area contributed by atoms with Gasteiger partial charge in [0.15, 0.2) is 0 Å². The molecule has 4 N–H and O–H groups in total. The standard InChI is InChI=1S/C25H37FN3O9P/c1-24(26)22(32)19(37-23(24)29-13-12-20(30)28-25(29,2)35-4)15-36-39(33,27-14-21(31)34-3)38-18-11-7-9-16-8-5-6-10-17(16)18/h7,9,11-13,19,22-23,27,32-33,39H,5-6,8,10,14-15H2,1-4H3,(H,28,30)/t19-,22-,23-,24-,25?/m1/s1. The topological polar surface area (TPSA) is 148 Å². The van der Waals surface area contributed by atoms with Crippen molar-refractivity contribution in [2.75, 3.05) is 27.4 Å². The third kappa shape index (κ3) is 6.19. The fraction of sp³-hybridized carbons (Fsp3) is 0.600. The van der Waals surface area contributed by atoms with Crippen molar-refractivity contribution in [2.45, 2.75) is 69.5 Å². The number of aliphatic hydroxyl groups is 1. The zero-order valence-corrected chi connectivity index (χ0v) is 23.4. The molecular formula is C25H37FN3O9P. The van der Waals surface area contributed by atoms with E-state index < -0.39 is 63.1 Å². The molecule has 1 unspecified atom stereocenters. The molecule has 1 fully saturated rings. The SMILES string of the molecule is COC(=O)CN[PH](O)(OC[C@H]1O[C@@H](N2C=CC(=O)NC2(C)OC)[C@](C)(F)[C@@H]1O)Oc1cccc2c1CCCC2. The third-order valence-corrected chi connectivity index (χ3v) is 9.01. The molecule has 12 nitrogen and oxygen atoms in total. The summed E-state index contributed by atoms with van der Waals surface area (Å²) in [6, 6.07) is 5.53. The van der Waals surface area contributed by atoms with Crippen LogP contribution in [0.2, 0.25) is 0 Å². The van der Waals surface area contributed by atoms with E-state index in [9.17, 15) is 19.6 Å². The van der Waals surface area contributed by atoms with Crippen molar-refractivity contribution in [2.24, 2.45) is 0 Å². The number of nitrogens with zero attached hydrogens (tertiary/aromatic N) is 1. The van der Waals surface area contributed by atoms with Gasteiger partial charge in [-0.25, -0.2) is 0 Å². The van der Waals surface area contributed by atoms with Crippen LogP contribution in [-0.4, -0.2) is 84.1 Å². The monoisotopic (exact) mass is 573 g/mol. The summed E-state index contributed by atoms with van der Waals surface area (Å²) in [6.07, 6.45) is 1.86. The van der Waals surface area contributed by atoms with Gasteiger partial charge in [0.25, 0.3) is 0 Å². The second kappa shape index (κ2) is 11.6. The molecule has 0 spiro atoms. The zero-order valence-electron chi connectivity index (χ0n) is 22.4. The van der Waals surface area contributed by atoms with E-state index in [1.165, 1.54) is 38.3 Å². The Kier molecular flexibility index (Phi) is 8.82. The van der Waals surface area contributed by atoms with Gasteiger partial charge in [-0.2, -0.15) is 0 Å². The molecule has 14 heteroatoms. The Morgan fingerprint density at radius 3 is 2.77 bits per heavy atom. The van der Waals surface area contributed by atoms with Crippen LogP contribution < -0.4 is 14.9 Å². The first-order chi connectivity index (χ1) is 18.4. The minimum absolute atomic E-state index is 0.407. The molecule has 1 aromatic rings. The van der Waals surface area contributed by atoms with Crippen LogP contribution in [0.15, 0.2) is 30.5 Å². The van der Waals surface area contributed by atoms with Crippen LogP contribution in [0.25, 0.3) is 0 Å². The van der Waals surface area contributed by atoms with Gasteiger partial charge in [0.05, 0.1) is 0 Å². The van der Waals surface area contributed by atoms with Crippen molar-refractivity contribution >= 4 is 20.0 Å². The molecule has 0 bridgehead atoms. The van der Waals surface area contributed by atoms with E-state index in [1.54, 1.807) is 6.07 Å². The summed E-state index contributed by atoms with van der Waals surface area (Å²) in [5, 5.41) is 16.1. The molecule has 1 aromatic carbocycles. The number of methoxy groups -OCH3 is 2. The molecule has 39 heavy (non-hydrogen) atoms. The van der Waals surface area contributed by atoms with E-state index in [-0.39, 0.29) is 0 Å². The van der Waals surface area contributed by atoms with Crippen LogP contribution in [0.5, 0.6) is 5.75 Å². The number of fused-ring (bicyclic) bond motifs is 1. The number of amides is 1. The van der Waals surface area contributed by atoms with Gasteiger partial charge in [-0.3, -0.25) is 0 Å². The summed E-state index contributed by atoms with van der Waals surface area (Å²) in [7, 11) is -1.81. The number of aryl methyl sites for hydroxylation is 1. The minimum atomic E-state index is -4.35. The Bertz CT molecular complexity index is 1110. The molecule has 0 radical (unpaired) electrons. The van der Waals surface area contributed by atoms with Gasteiger partial charge in [-0.05, 0) is 0 Å². The second-order valence-electron chi connectivity index (χ2n) is 10.0. The summed E-state index contributed by atoms with van der Waals surface area (Å²) in [5.41, 5.74) is -0.278. The zero-order chi connectivity index (χ0) is 28.4. The van der Waals surface area contributed by atoms with Gasteiger partial charge in [-0.1, -0.05) is 0 Å². The van der Waals surface area contributed by atoms with E-state index in [1.807, 2.05) is 12.1 Å². The summed E-state index contributed by atoms with van der Waals surface area (Å²) in [5.74, 6) is -2.13. The molecule has 4 rings (SSSR count). The summed E-state index contributed by atoms with van der Waals surface area (Å²) < 4.78 is 43.6. The molecule has 218 valence electrons. The normalized spacial score (nSPS) is 31.0. The first-order valence-electron chi connectivity index (χ1n) is 12.8. The van der Waals surface area contributed by atoms with Crippen LogP contribution in [-0.2, 0) is 41.2 Å². The molecule has 1 aliphatic carbocycles. The number of esters is 1. The molecule has 3 aliphatic rings. The quantitative estimate of drug-likeness (QED) is 0.236. The first kappa shape index (κ1) is 29.6. The average Bonchev–Trinajstić information content (AvgIpc) is 3.14. The molecule has 1 saturated heterocycles. The van der Waals surface area contributed by atoms with Gasteiger partial charge in [0.2, 0.25) is 0 Å². The second-order valence-corrected chi connectivity index (χ2v) is 12.1. The predicted molar refractivity (Wildman–Crippen MR) is 139 cm³/mol. The van der Waals surface area contributed by atoms with Gasteiger partial charge in [0, 0.05) is 0 Å². The molecule has 2 heterocycles. The van der Waals surface area contributed by atoms with Crippen LogP contribution >= 0.6 is 8.09 Å². The maximum absolute atomic E-state index is 15.9. The van der Waals surface area contributed by atoms with Crippen molar-refractivity contribution < 1.29 is 47.2 Å². The van der Waals surface area contributed by atoms with E-state index in [0.29, 0.717) is 5.75 Å². The van der Waals surface area contributed by atoms with E-state index in [0.717, 1.165) is 43.7 Å². The van der Waals surface area contributed by atoms with Crippen molar-refractivity contribution in [1.29, 1.82) is 0 Å². The van der Waals surface area contributed by atoms with E-state index >= 15 is 4.39 Å². The van der Waals surface area contributed by atoms with E-state index in [2.05, 4.69) is 15.1 Å². The van der Waals surface area contributed by atoms with E-state index in [4.69, 9.17) is 18.5 Å². The van der Waals surface area contributed by atoms with Crippen LogP contribution in [0.1, 0.15) is 37.8 Å². The number of aliphatic hydroxyl groups excluding tert-OH is 1. The van der Waals surface area contributed by atoms with Gasteiger partial charge >= 0.3 is 227 Å². The molecular weight excluding hydrogens is 536 g/mol. The number of carbonyl (C=O) groups is 2. The van der Waals surface area contributed by atoms with Gasteiger partial charge in [0.1, 0.15) is 0 Å². The number of hydrogen-bond acceptors (Lipinski definition) is 11. The number of ether oxygens (including phenoxy) is 3. The Morgan fingerprint density at radius 1 is 1.31 bits per heavy atom. The molecule has 1 amide bonds. The Balaban J connectivity index is 1.53. The maximum atomic E-state index is 15.9. The number of alkyl halides is 1. The molecule has 0 aromatic heterocycles.